The van der Waals surface area contributed by atoms with Crippen LogP contribution in [0.1, 0.15) is 108 Å². The first-order valence-corrected chi connectivity index (χ1v) is 25.0. The standard InChI is InChI=1S/C32H68O6Si3/c1-13-40(14-2,15-3)34-21-19-27-23-29(38-39(11,12)30(7,8)9)25-32(36-27)26-31(10,33)24-28(37-32)20-22-35-41(16-4,17-5)18-6/h27-29,33H,13-26H2,1-12H3/t27-,28-,29-,31-,32+/m0/s1. The first-order chi connectivity index (χ1) is 19.0. The number of rotatable bonds is 16. The molecule has 5 atom stereocenters. The molecule has 6 nitrogen and oxygen atoms in total. The van der Waals surface area contributed by atoms with E-state index in [0.29, 0.717) is 25.9 Å². The van der Waals surface area contributed by atoms with Gasteiger partial charge in [0.1, 0.15) is 0 Å². The minimum atomic E-state index is -2.00. The zero-order chi connectivity index (χ0) is 31.2. The highest BCUT2D eigenvalue weighted by Gasteiger charge is 2.53. The molecule has 1 N–H and O–H groups in total. The molecule has 0 amide bonds. The molecule has 244 valence electrons. The fourth-order valence-electron chi connectivity index (χ4n) is 6.79. The van der Waals surface area contributed by atoms with Crippen LogP contribution in [0.25, 0.3) is 0 Å². The smallest absolute Gasteiger partial charge is 0.192 e. The lowest BCUT2D eigenvalue weighted by molar-refractivity contribution is -0.350. The third-order valence-corrected chi connectivity index (χ3v) is 24.9. The van der Waals surface area contributed by atoms with Crippen LogP contribution in [-0.4, -0.2) is 73.0 Å². The maximum Gasteiger partial charge on any atom is 0.192 e. The summed E-state index contributed by atoms with van der Waals surface area (Å²) in [4.78, 5) is 0. The zero-order valence-corrected chi connectivity index (χ0v) is 32.1. The Morgan fingerprint density at radius 3 is 1.63 bits per heavy atom. The van der Waals surface area contributed by atoms with Crippen molar-refractivity contribution in [2.24, 2.45) is 0 Å². The van der Waals surface area contributed by atoms with Crippen molar-refractivity contribution in [1.29, 1.82) is 0 Å². The Morgan fingerprint density at radius 1 is 0.756 bits per heavy atom. The van der Waals surface area contributed by atoms with Crippen molar-refractivity contribution in [3.8, 4) is 0 Å². The van der Waals surface area contributed by atoms with Crippen molar-refractivity contribution >= 4 is 25.0 Å². The summed E-state index contributed by atoms with van der Waals surface area (Å²) in [5.74, 6) is -0.841. The van der Waals surface area contributed by atoms with E-state index in [1.165, 1.54) is 0 Å². The van der Waals surface area contributed by atoms with Crippen molar-refractivity contribution in [3.63, 3.8) is 0 Å². The number of hydrogen-bond donors (Lipinski definition) is 1. The summed E-state index contributed by atoms with van der Waals surface area (Å²) in [7, 11) is -5.34. The molecule has 2 fully saturated rings. The van der Waals surface area contributed by atoms with E-state index >= 15 is 0 Å². The van der Waals surface area contributed by atoms with Crippen LogP contribution < -0.4 is 0 Å². The quantitative estimate of drug-likeness (QED) is 0.171. The highest BCUT2D eigenvalue weighted by atomic mass is 28.4. The molecule has 0 aromatic carbocycles. The van der Waals surface area contributed by atoms with E-state index in [1.807, 2.05) is 6.92 Å². The maximum absolute atomic E-state index is 11.5. The first-order valence-electron chi connectivity index (χ1n) is 17.0. The summed E-state index contributed by atoms with van der Waals surface area (Å²) in [5.41, 5.74) is -0.855. The average molecular weight is 633 g/mol. The molecular weight excluding hydrogens is 565 g/mol. The minimum absolute atomic E-state index is 0.0121. The summed E-state index contributed by atoms with van der Waals surface area (Å²) >= 11 is 0. The molecule has 41 heavy (non-hydrogen) atoms. The Morgan fingerprint density at radius 2 is 1.20 bits per heavy atom. The largest absolute Gasteiger partial charge is 0.417 e. The van der Waals surface area contributed by atoms with Gasteiger partial charge in [-0.15, -0.1) is 0 Å². The molecule has 2 aliphatic heterocycles. The normalized spacial score (nSPS) is 30.2. The van der Waals surface area contributed by atoms with E-state index in [1.54, 1.807) is 0 Å². The van der Waals surface area contributed by atoms with Gasteiger partial charge in [0.05, 0.1) is 23.9 Å². The van der Waals surface area contributed by atoms with Crippen LogP contribution in [0.5, 0.6) is 0 Å². The van der Waals surface area contributed by atoms with E-state index in [9.17, 15) is 5.11 Å². The molecule has 9 heteroatoms. The third-order valence-electron chi connectivity index (χ3n) is 11.0. The van der Waals surface area contributed by atoms with Crippen LogP contribution in [0, 0.1) is 0 Å². The van der Waals surface area contributed by atoms with Gasteiger partial charge >= 0.3 is 0 Å². The summed E-state index contributed by atoms with van der Waals surface area (Å²) in [6.07, 6.45) is 4.17. The molecule has 1 spiro atoms. The predicted molar refractivity (Wildman–Crippen MR) is 179 cm³/mol. The summed E-state index contributed by atoms with van der Waals surface area (Å²) in [6.45, 7) is 28.6. The highest BCUT2D eigenvalue weighted by molar-refractivity contribution is 6.74. The van der Waals surface area contributed by atoms with E-state index < -0.39 is 36.3 Å². The predicted octanol–water partition coefficient (Wildman–Crippen LogP) is 9.01. The summed E-state index contributed by atoms with van der Waals surface area (Å²) in [5, 5.41) is 11.7. The van der Waals surface area contributed by atoms with Gasteiger partial charge in [-0.2, -0.15) is 0 Å². The van der Waals surface area contributed by atoms with Gasteiger partial charge < -0.3 is 27.9 Å². The number of hydrogen-bond acceptors (Lipinski definition) is 6. The van der Waals surface area contributed by atoms with Crippen molar-refractivity contribution in [1.82, 2.24) is 0 Å². The molecule has 0 bridgehead atoms. The molecule has 2 aliphatic rings. The molecule has 2 rings (SSSR count). The molecule has 0 aliphatic carbocycles. The van der Waals surface area contributed by atoms with Crippen molar-refractivity contribution in [3.05, 3.63) is 0 Å². The Hall–Kier alpha value is 0.411. The Labute approximate surface area is 257 Å². The van der Waals surface area contributed by atoms with Crippen LogP contribution in [-0.2, 0) is 22.8 Å². The SMILES string of the molecule is CC[Si](CC)(CC)OCC[C@H]1C[C@H](O[Si](C)(C)C(C)(C)C)C[C@@]2(C[C@@](C)(O)C[C@H](CCO[Si](CC)(CC)CC)O2)O1. The lowest BCUT2D eigenvalue weighted by Crippen LogP contribution is -2.59. The number of ether oxygens (including phenoxy) is 2. The Balaban J connectivity index is 2.25. The molecule has 0 unspecified atom stereocenters. The molecule has 0 aromatic rings. The molecular formula is C32H68O6Si3. The second-order valence-corrected chi connectivity index (χ2v) is 29.3. The fourth-order valence-corrected chi connectivity index (χ4v) is 13.5. The van der Waals surface area contributed by atoms with Gasteiger partial charge in [-0.3, -0.25) is 0 Å². The monoisotopic (exact) mass is 632 g/mol. The maximum atomic E-state index is 11.5. The summed E-state index contributed by atoms with van der Waals surface area (Å²) < 4.78 is 34.1. The lowest BCUT2D eigenvalue weighted by Gasteiger charge is -2.53. The number of aliphatic hydroxyl groups is 1. The van der Waals surface area contributed by atoms with Crippen LogP contribution in [0.15, 0.2) is 0 Å². The van der Waals surface area contributed by atoms with Gasteiger partial charge in [-0.05, 0) is 80.6 Å². The first kappa shape index (κ1) is 37.6. The second kappa shape index (κ2) is 15.1. The highest BCUT2D eigenvalue weighted by Crippen LogP contribution is 2.47. The fraction of sp³-hybridized carbons (Fsp3) is 1.00. The van der Waals surface area contributed by atoms with Gasteiger partial charge in [-0.25, -0.2) is 0 Å². The summed E-state index contributed by atoms with van der Waals surface area (Å²) in [6, 6.07) is 6.89. The Kier molecular flexibility index (Phi) is 13.9. The van der Waals surface area contributed by atoms with E-state index in [0.717, 1.165) is 62.1 Å². The van der Waals surface area contributed by atoms with Gasteiger partial charge in [-0.1, -0.05) is 62.3 Å². The van der Waals surface area contributed by atoms with E-state index in [2.05, 4.69) is 75.4 Å². The van der Waals surface area contributed by atoms with Crippen LogP contribution >= 0.6 is 0 Å². The molecule has 0 aromatic heterocycles. The van der Waals surface area contributed by atoms with Crippen LogP contribution in [0.3, 0.4) is 0 Å². The third kappa shape index (κ3) is 10.2. The van der Waals surface area contributed by atoms with Crippen molar-refractivity contribution in [2.45, 2.75) is 192 Å². The van der Waals surface area contributed by atoms with Crippen LogP contribution in [0.2, 0.25) is 54.4 Å². The molecule has 0 radical (unpaired) electrons. The van der Waals surface area contributed by atoms with Gasteiger partial charge in [0, 0.05) is 32.5 Å². The topological polar surface area (TPSA) is 66.4 Å². The average Bonchev–Trinajstić information content (AvgIpc) is 2.87. The molecule has 2 saturated heterocycles. The molecule has 2 heterocycles. The van der Waals surface area contributed by atoms with Gasteiger partial charge in [0.25, 0.3) is 0 Å². The zero-order valence-electron chi connectivity index (χ0n) is 29.1. The van der Waals surface area contributed by atoms with E-state index in [-0.39, 0.29) is 23.4 Å². The van der Waals surface area contributed by atoms with Crippen molar-refractivity contribution < 1.29 is 27.9 Å². The lowest BCUT2D eigenvalue weighted by atomic mass is 9.82. The van der Waals surface area contributed by atoms with E-state index in [4.69, 9.17) is 22.8 Å². The van der Waals surface area contributed by atoms with Crippen LogP contribution in [0.4, 0.5) is 0 Å². The Bertz CT molecular complexity index is 757. The minimum Gasteiger partial charge on any atom is -0.417 e. The van der Waals surface area contributed by atoms with Crippen molar-refractivity contribution in [2.75, 3.05) is 13.2 Å². The van der Waals surface area contributed by atoms with Gasteiger partial charge in [0.2, 0.25) is 0 Å². The van der Waals surface area contributed by atoms with Gasteiger partial charge in [0.15, 0.2) is 30.7 Å². The second-order valence-electron chi connectivity index (χ2n) is 15.0. The molecule has 0 saturated carbocycles.